The largest absolute Gasteiger partial charge is 0.490 e. The summed E-state index contributed by atoms with van der Waals surface area (Å²) in [5.41, 5.74) is 3.27. The monoisotopic (exact) mass is 453 g/mol. The fourth-order valence-corrected chi connectivity index (χ4v) is 4.88. The van der Waals surface area contributed by atoms with E-state index in [1.807, 2.05) is 0 Å². The van der Waals surface area contributed by atoms with E-state index in [-0.39, 0.29) is 6.10 Å². The number of benzene rings is 1. The summed E-state index contributed by atoms with van der Waals surface area (Å²) in [6.07, 6.45) is 10.9. The number of hydrogen-bond donors (Lipinski definition) is 1. The normalized spacial score (nSPS) is 21.6. The van der Waals surface area contributed by atoms with Crippen LogP contribution in [0.15, 0.2) is 30.3 Å². The van der Waals surface area contributed by atoms with Crippen molar-refractivity contribution in [1.29, 1.82) is 0 Å². The highest BCUT2D eigenvalue weighted by molar-refractivity contribution is 5.67. The van der Waals surface area contributed by atoms with Crippen molar-refractivity contribution in [3.63, 3.8) is 0 Å². The number of nitrogens with one attached hydrogen (secondary N) is 1. The fraction of sp³-hybridized carbons (Fsp3) is 0.630. The average Bonchev–Trinajstić information content (AvgIpc) is 2.87. The highest BCUT2D eigenvalue weighted by Gasteiger charge is 2.25. The molecule has 0 bridgehead atoms. The van der Waals surface area contributed by atoms with Crippen LogP contribution in [0.3, 0.4) is 0 Å². The Labute approximate surface area is 198 Å². The number of piperidine rings is 1. The molecule has 2 unspecified atom stereocenters. The molecule has 0 spiro atoms. The van der Waals surface area contributed by atoms with Gasteiger partial charge in [0.05, 0.1) is 24.5 Å². The van der Waals surface area contributed by atoms with Crippen molar-refractivity contribution in [2.24, 2.45) is 5.92 Å². The molecule has 0 amide bonds. The molecule has 4 rings (SSSR count). The van der Waals surface area contributed by atoms with Crippen LogP contribution in [0.5, 0.6) is 11.6 Å². The summed E-state index contributed by atoms with van der Waals surface area (Å²) in [6.45, 7) is 4.66. The van der Waals surface area contributed by atoms with Crippen molar-refractivity contribution in [2.45, 2.75) is 76.9 Å². The zero-order chi connectivity index (χ0) is 22.9. The molecule has 1 saturated heterocycles. The van der Waals surface area contributed by atoms with Gasteiger partial charge in [0.2, 0.25) is 5.88 Å². The van der Waals surface area contributed by atoms with Gasteiger partial charge in [-0.2, -0.15) is 5.10 Å². The minimum atomic E-state index is 0.173. The Morgan fingerprint density at radius 3 is 2.61 bits per heavy atom. The Balaban J connectivity index is 1.47. The number of aryl methyl sites for hydroxylation is 1. The minimum Gasteiger partial charge on any atom is -0.490 e. The van der Waals surface area contributed by atoms with E-state index in [0.29, 0.717) is 24.5 Å². The minimum absolute atomic E-state index is 0.173. The first-order valence-corrected chi connectivity index (χ1v) is 12.8. The Kier molecular flexibility index (Phi) is 8.95. The third-order valence-corrected chi connectivity index (χ3v) is 6.95. The second-order valence-corrected chi connectivity index (χ2v) is 9.39. The van der Waals surface area contributed by atoms with Gasteiger partial charge in [-0.1, -0.05) is 31.9 Å². The molecular weight excluding hydrogens is 414 g/mol. The predicted octanol–water partition coefficient (Wildman–Crippen LogP) is 5.20. The molecule has 1 aromatic carbocycles. The van der Waals surface area contributed by atoms with Crippen LogP contribution in [0.2, 0.25) is 0 Å². The molecule has 180 valence electrons. The van der Waals surface area contributed by atoms with Gasteiger partial charge in [0.25, 0.3) is 0 Å². The summed E-state index contributed by atoms with van der Waals surface area (Å²) in [5, 5.41) is 12.3. The van der Waals surface area contributed by atoms with Gasteiger partial charge in [-0.3, -0.25) is 0 Å². The highest BCUT2D eigenvalue weighted by Crippen LogP contribution is 2.30. The predicted molar refractivity (Wildman–Crippen MR) is 131 cm³/mol. The van der Waals surface area contributed by atoms with Crippen molar-refractivity contribution in [1.82, 2.24) is 15.5 Å². The third-order valence-electron chi connectivity index (χ3n) is 6.95. The summed E-state index contributed by atoms with van der Waals surface area (Å²) in [6, 6.07) is 10.5. The van der Waals surface area contributed by atoms with Gasteiger partial charge in [0, 0.05) is 31.2 Å². The fourth-order valence-electron chi connectivity index (χ4n) is 4.88. The van der Waals surface area contributed by atoms with E-state index in [1.54, 1.807) is 7.11 Å². The van der Waals surface area contributed by atoms with Gasteiger partial charge in [0.15, 0.2) is 0 Å². The third kappa shape index (κ3) is 6.67. The standard InChI is InChI=1S/C27H39N3O3/c1-3-4-10-25-24(20-11-13-23(14-12-20)33-22-8-6-5-7-9-22)17-27(30-29-25)32-19-21-15-16-28-18-26(21)31-2/h11-14,17,21-22,26,28H,3-10,15-16,18-19H2,1-2H3. The number of methoxy groups -OCH3 is 1. The molecule has 6 nitrogen and oxygen atoms in total. The lowest BCUT2D eigenvalue weighted by Gasteiger charge is -2.30. The van der Waals surface area contributed by atoms with Crippen LogP contribution in [-0.4, -0.2) is 49.2 Å². The van der Waals surface area contributed by atoms with Gasteiger partial charge >= 0.3 is 0 Å². The quantitative estimate of drug-likeness (QED) is 0.533. The van der Waals surface area contributed by atoms with Gasteiger partial charge in [-0.15, -0.1) is 5.10 Å². The molecule has 2 aliphatic rings. The van der Waals surface area contributed by atoms with Crippen molar-refractivity contribution in [3.8, 4) is 22.8 Å². The second-order valence-electron chi connectivity index (χ2n) is 9.39. The van der Waals surface area contributed by atoms with Crippen LogP contribution < -0.4 is 14.8 Å². The Morgan fingerprint density at radius 1 is 1.03 bits per heavy atom. The smallest absolute Gasteiger partial charge is 0.234 e. The molecule has 1 aromatic heterocycles. The second kappa shape index (κ2) is 12.3. The average molecular weight is 454 g/mol. The van der Waals surface area contributed by atoms with Gasteiger partial charge in [-0.25, -0.2) is 0 Å². The molecule has 2 fully saturated rings. The van der Waals surface area contributed by atoms with E-state index in [9.17, 15) is 0 Å². The SMILES string of the molecule is CCCCc1nnc(OCC2CCNCC2OC)cc1-c1ccc(OC2CCCCC2)cc1. The molecule has 2 heterocycles. The summed E-state index contributed by atoms with van der Waals surface area (Å²) in [5.74, 6) is 1.90. The number of unbranched alkanes of at least 4 members (excludes halogenated alkanes) is 1. The summed E-state index contributed by atoms with van der Waals surface area (Å²) in [4.78, 5) is 0. The van der Waals surface area contributed by atoms with E-state index in [2.05, 4.69) is 52.8 Å². The first-order valence-electron chi connectivity index (χ1n) is 12.8. The van der Waals surface area contributed by atoms with Crippen LogP contribution in [0.4, 0.5) is 0 Å². The van der Waals surface area contributed by atoms with Crippen molar-refractivity contribution < 1.29 is 14.2 Å². The lowest BCUT2D eigenvalue weighted by atomic mass is 9.96. The molecule has 33 heavy (non-hydrogen) atoms. The van der Waals surface area contributed by atoms with E-state index in [1.165, 1.54) is 32.1 Å². The van der Waals surface area contributed by atoms with E-state index in [0.717, 1.165) is 61.3 Å². The Hall–Kier alpha value is -2.18. The topological polar surface area (TPSA) is 65.5 Å². The molecule has 2 aromatic rings. The Morgan fingerprint density at radius 2 is 1.85 bits per heavy atom. The number of aromatic nitrogens is 2. The molecule has 1 aliphatic carbocycles. The van der Waals surface area contributed by atoms with Gasteiger partial charge in [0.1, 0.15) is 5.75 Å². The van der Waals surface area contributed by atoms with Crippen LogP contribution >= 0.6 is 0 Å². The van der Waals surface area contributed by atoms with Crippen LogP contribution in [-0.2, 0) is 11.2 Å². The van der Waals surface area contributed by atoms with Crippen LogP contribution in [0.1, 0.15) is 64.0 Å². The maximum absolute atomic E-state index is 6.22. The molecule has 1 aliphatic heterocycles. The number of rotatable bonds is 10. The summed E-state index contributed by atoms with van der Waals surface area (Å²) >= 11 is 0. The first kappa shape index (κ1) is 24.0. The van der Waals surface area contributed by atoms with Crippen LogP contribution in [0, 0.1) is 5.92 Å². The highest BCUT2D eigenvalue weighted by atomic mass is 16.5. The number of nitrogens with zero attached hydrogens (tertiary/aromatic N) is 2. The zero-order valence-corrected chi connectivity index (χ0v) is 20.2. The molecule has 1 N–H and O–H groups in total. The summed E-state index contributed by atoms with van der Waals surface area (Å²) < 4.78 is 18.0. The van der Waals surface area contributed by atoms with Crippen molar-refractivity contribution >= 4 is 0 Å². The molecule has 6 heteroatoms. The number of hydrogen-bond acceptors (Lipinski definition) is 6. The molecule has 0 radical (unpaired) electrons. The maximum atomic E-state index is 6.22. The van der Waals surface area contributed by atoms with Gasteiger partial charge in [-0.05, 0) is 69.2 Å². The van der Waals surface area contributed by atoms with E-state index in [4.69, 9.17) is 14.2 Å². The summed E-state index contributed by atoms with van der Waals surface area (Å²) in [7, 11) is 1.77. The molecule has 2 atom stereocenters. The zero-order valence-electron chi connectivity index (χ0n) is 20.2. The van der Waals surface area contributed by atoms with Crippen molar-refractivity contribution in [2.75, 3.05) is 26.8 Å². The van der Waals surface area contributed by atoms with E-state index >= 15 is 0 Å². The van der Waals surface area contributed by atoms with E-state index < -0.39 is 0 Å². The lowest BCUT2D eigenvalue weighted by Crippen LogP contribution is -2.44. The number of ether oxygens (including phenoxy) is 3. The van der Waals surface area contributed by atoms with Gasteiger partial charge < -0.3 is 19.5 Å². The first-order chi connectivity index (χ1) is 16.3. The Bertz CT molecular complexity index is 852. The maximum Gasteiger partial charge on any atom is 0.234 e. The molecular formula is C27H39N3O3. The van der Waals surface area contributed by atoms with Crippen molar-refractivity contribution in [3.05, 3.63) is 36.0 Å². The van der Waals surface area contributed by atoms with Crippen LogP contribution in [0.25, 0.3) is 11.1 Å². The lowest BCUT2D eigenvalue weighted by molar-refractivity contribution is 0.0134. The molecule has 1 saturated carbocycles.